The second-order valence-electron chi connectivity index (χ2n) is 6.38. The van der Waals surface area contributed by atoms with Crippen molar-refractivity contribution in [1.29, 1.82) is 0 Å². The average molecular weight is 289 g/mol. The molecule has 3 nitrogen and oxygen atoms in total. The second-order valence-corrected chi connectivity index (χ2v) is 6.38. The van der Waals surface area contributed by atoms with Gasteiger partial charge < -0.3 is 10.2 Å². The topological polar surface area (TPSA) is 28.2 Å². The highest BCUT2D eigenvalue weighted by Crippen LogP contribution is 2.31. The van der Waals surface area contributed by atoms with Crippen molar-refractivity contribution in [3.05, 3.63) is 24.0 Å². The number of aromatic nitrogens is 1. The quantitative estimate of drug-likeness (QED) is 0.852. The highest BCUT2D eigenvalue weighted by atomic mass is 15.1. The van der Waals surface area contributed by atoms with E-state index in [1.54, 1.807) is 0 Å². The Hall–Kier alpha value is -1.09. The standard InChI is InChI=1S/C18H31N3/c1-5-14-7-9-15(10-8-14)21(4)16-11-12-18(20-13-16)17(6-2)19-3/h11-15,17,19H,5-10H2,1-4H3. The summed E-state index contributed by atoms with van der Waals surface area (Å²) in [6.07, 6.45) is 9.87. The van der Waals surface area contributed by atoms with Crippen LogP contribution < -0.4 is 10.2 Å². The van der Waals surface area contributed by atoms with Gasteiger partial charge in [-0.3, -0.25) is 4.98 Å². The van der Waals surface area contributed by atoms with Crippen molar-refractivity contribution in [2.45, 2.75) is 64.5 Å². The van der Waals surface area contributed by atoms with E-state index in [0.29, 0.717) is 12.1 Å². The van der Waals surface area contributed by atoms with E-state index in [-0.39, 0.29) is 0 Å². The fraction of sp³-hybridized carbons (Fsp3) is 0.722. The summed E-state index contributed by atoms with van der Waals surface area (Å²) in [6, 6.07) is 5.46. The van der Waals surface area contributed by atoms with Crippen LogP contribution in [0.1, 0.15) is 64.1 Å². The van der Waals surface area contributed by atoms with Gasteiger partial charge >= 0.3 is 0 Å². The summed E-state index contributed by atoms with van der Waals surface area (Å²) in [5, 5.41) is 3.32. The number of rotatable bonds is 6. The van der Waals surface area contributed by atoms with Gasteiger partial charge in [0.2, 0.25) is 0 Å². The van der Waals surface area contributed by atoms with E-state index in [0.717, 1.165) is 18.0 Å². The van der Waals surface area contributed by atoms with Crippen molar-refractivity contribution in [3.63, 3.8) is 0 Å². The lowest BCUT2D eigenvalue weighted by Crippen LogP contribution is -2.35. The van der Waals surface area contributed by atoms with Crippen LogP contribution in [0.25, 0.3) is 0 Å². The molecule has 1 aromatic rings. The minimum Gasteiger partial charge on any atom is -0.370 e. The van der Waals surface area contributed by atoms with Gasteiger partial charge in [0.1, 0.15) is 0 Å². The Morgan fingerprint density at radius 3 is 2.43 bits per heavy atom. The Bertz CT molecular complexity index is 403. The Kier molecular flexibility index (Phi) is 6.04. The highest BCUT2D eigenvalue weighted by Gasteiger charge is 2.23. The molecule has 0 saturated heterocycles. The summed E-state index contributed by atoms with van der Waals surface area (Å²) in [5.41, 5.74) is 2.40. The largest absolute Gasteiger partial charge is 0.370 e. The van der Waals surface area contributed by atoms with Crippen LogP contribution in [0.4, 0.5) is 5.69 Å². The fourth-order valence-electron chi connectivity index (χ4n) is 3.52. The molecule has 1 saturated carbocycles. The van der Waals surface area contributed by atoms with E-state index in [4.69, 9.17) is 0 Å². The van der Waals surface area contributed by atoms with Crippen LogP contribution in [-0.4, -0.2) is 25.1 Å². The van der Waals surface area contributed by atoms with E-state index in [9.17, 15) is 0 Å². The highest BCUT2D eigenvalue weighted by molar-refractivity contribution is 5.45. The Labute approximate surface area is 130 Å². The molecule has 0 aliphatic heterocycles. The summed E-state index contributed by atoms with van der Waals surface area (Å²) in [6.45, 7) is 4.51. The molecule has 0 amide bonds. The van der Waals surface area contributed by atoms with Crippen molar-refractivity contribution in [2.24, 2.45) is 5.92 Å². The van der Waals surface area contributed by atoms with Gasteiger partial charge in [0.25, 0.3) is 0 Å². The molecule has 118 valence electrons. The van der Waals surface area contributed by atoms with Gasteiger partial charge in [0.05, 0.1) is 17.6 Å². The molecule has 1 aliphatic rings. The molecule has 0 bridgehead atoms. The van der Waals surface area contributed by atoms with Gasteiger partial charge in [-0.15, -0.1) is 0 Å². The molecule has 1 fully saturated rings. The fourth-order valence-corrected chi connectivity index (χ4v) is 3.52. The minimum atomic E-state index is 0.365. The number of pyridine rings is 1. The Balaban J connectivity index is 1.98. The zero-order valence-electron chi connectivity index (χ0n) is 14.1. The van der Waals surface area contributed by atoms with Crippen LogP contribution in [0.2, 0.25) is 0 Å². The number of nitrogens with zero attached hydrogens (tertiary/aromatic N) is 2. The first-order chi connectivity index (χ1) is 10.2. The van der Waals surface area contributed by atoms with Gasteiger partial charge in [0, 0.05) is 19.1 Å². The van der Waals surface area contributed by atoms with Crippen molar-refractivity contribution in [2.75, 3.05) is 19.0 Å². The molecular formula is C18H31N3. The molecule has 1 heterocycles. The number of hydrogen-bond acceptors (Lipinski definition) is 3. The van der Waals surface area contributed by atoms with Crippen molar-refractivity contribution >= 4 is 5.69 Å². The lowest BCUT2D eigenvalue weighted by Gasteiger charge is -2.35. The SMILES string of the molecule is CCC1CCC(N(C)c2ccc(C(CC)NC)nc2)CC1. The Morgan fingerprint density at radius 1 is 1.24 bits per heavy atom. The smallest absolute Gasteiger partial charge is 0.0574 e. The second kappa shape index (κ2) is 7.79. The first kappa shape index (κ1) is 16.3. The van der Waals surface area contributed by atoms with Gasteiger partial charge in [-0.25, -0.2) is 0 Å². The maximum absolute atomic E-state index is 4.66. The number of nitrogens with one attached hydrogen (secondary N) is 1. The zero-order valence-corrected chi connectivity index (χ0v) is 14.1. The number of anilines is 1. The van der Waals surface area contributed by atoms with Crippen LogP contribution in [-0.2, 0) is 0 Å². The average Bonchev–Trinajstić information content (AvgIpc) is 2.56. The van der Waals surface area contributed by atoms with Crippen molar-refractivity contribution < 1.29 is 0 Å². The molecular weight excluding hydrogens is 258 g/mol. The molecule has 3 heteroatoms. The van der Waals surface area contributed by atoms with E-state index in [2.05, 4.69) is 48.2 Å². The third-order valence-electron chi connectivity index (χ3n) is 5.23. The minimum absolute atomic E-state index is 0.365. The van der Waals surface area contributed by atoms with Crippen LogP contribution in [0.3, 0.4) is 0 Å². The first-order valence-corrected chi connectivity index (χ1v) is 8.55. The lowest BCUT2D eigenvalue weighted by molar-refractivity contribution is 0.313. The van der Waals surface area contributed by atoms with Crippen molar-refractivity contribution in [1.82, 2.24) is 10.3 Å². The monoisotopic (exact) mass is 289 g/mol. The normalized spacial score (nSPS) is 23.8. The number of hydrogen-bond donors (Lipinski definition) is 1. The molecule has 0 aromatic carbocycles. The summed E-state index contributed by atoms with van der Waals surface area (Å²) >= 11 is 0. The molecule has 2 rings (SSSR count). The van der Waals surface area contributed by atoms with Gasteiger partial charge in [-0.2, -0.15) is 0 Å². The molecule has 1 aromatic heterocycles. The molecule has 0 spiro atoms. The van der Waals surface area contributed by atoms with Crippen LogP contribution in [0.15, 0.2) is 18.3 Å². The lowest BCUT2D eigenvalue weighted by atomic mass is 9.84. The molecule has 1 unspecified atom stereocenters. The zero-order chi connectivity index (χ0) is 15.2. The molecule has 1 aliphatic carbocycles. The predicted molar refractivity (Wildman–Crippen MR) is 90.8 cm³/mol. The van der Waals surface area contributed by atoms with Crippen LogP contribution >= 0.6 is 0 Å². The molecule has 0 radical (unpaired) electrons. The van der Waals surface area contributed by atoms with E-state index >= 15 is 0 Å². The first-order valence-electron chi connectivity index (χ1n) is 8.55. The van der Waals surface area contributed by atoms with E-state index in [1.807, 2.05) is 13.2 Å². The summed E-state index contributed by atoms with van der Waals surface area (Å²) < 4.78 is 0. The Morgan fingerprint density at radius 2 is 1.95 bits per heavy atom. The maximum atomic E-state index is 4.66. The van der Waals surface area contributed by atoms with Crippen LogP contribution in [0.5, 0.6) is 0 Å². The van der Waals surface area contributed by atoms with Gasteiger partial charge in [-0.1, -0.05) is 20.3 Å². The van der Waals surface area contributed by atoms with Gasteiger partial charge in [-0.05, 0) is 57.2 Å². The summed E-state index contributed by atoms with van der Waals surface area (Å²) in [4.78, 5) is 7.10. The third kappa shape index (κ3) is 3.97. The summed E-state index contributed by atoms with van der Waals surface area (Å²) in [7, 11) is 4.23. The molecule has 21 heavy (non-hydrogen) atoms. The van der Waals surface area contributed by atoms with Gasteiger partial charge in [0.15, 0.2) is 0 Å². The van der Waals surface area contributed by atoms with Crippen molar-refractivity contribution in [3.8, 4) is 0 Å². The maximum Gasteiger partial charge on any atom is 0.0574 e. The van der Waals surface area contributed by atoms with Crippen LogP contribution in [0, 0.1) is 5.92 Å². The van der Waals surface area contributed by atoms with E-state index in [1.165, 1.54) is 37.8 Å². The van der Waals surface area contributed by atoms with E-state index < -0.39 is 0 Å². The molecule has 1 atom stereocenters. The predicted octanol–water partition coefficient (Wildman–Crippen LogP) is 4.16. The summed E-state index contributed by atoms with van der Waals surface area (Å²) in [5.74, 6) is 0.955. The third-order valence-corrected chi connectivity index (χ3v) is 5.23. The molecule has 1 N–H and O–H groups in total.